The van der Waals surface area contributed by atoms with E-state index < -0.39 is 29.6 Å². The van der Waals surface area contributed by atoms with Gasteiger partial charge >= 0.3 is 0 Å². The van der Waals surface area contributed by atoms with Crippen LogP contribution >= 0.6 is 0 Å². The van der Waals surface area contributed by atoms with E-state index in [4.69, 9.17) is 9.94 Å². The zero-order chi connectivity index (χ0) is 20.4. The number of rotatable bonds is 6. The monoisotopic (exact) mass is 390 g/mol. The van der Waals surface area contributed by atoms with Gasteiger partial charge in [-0.15, -0.1) is 4.73 Å². The number of aryl methyl sites for hydroxylation is 2. The fourth-order valence-electron chi connectivity index (χ4n) is 2.59. The fourth-order valence-corrected chi connectivity index (χ4v) is 2.59. The van der Waals surface area contributed by atoms with Crippen molar-refractivity contribution >= 4 is 22.4 Å². The van der Waals surface area contributed by atoms with Gasteiger partial charge in [-0.25, -0.2) is 9.37 Å². The molecule has 3 N–H and O–H groups in total. The van der Waals surface area contributed by atoms with E-state index in [9.17, 15) is 19.1 Å². The van der Waals surface area contributed by atoms with E-state index in [1.54, 1.807) is 13.0 Å². The van der Waals surface area contributed by atoms with Crippen LogP contribution in [0, 0.1) is 12.7 Å². The predicted octanol–water partition coefficient (Wildman–Crippen LogP) is 0.0681. The lowest BCUT2D eigenvalue weighted by molar-refractivity contribution is -0.00415. The summed E-state index contributed by atoms with van der Waals surface area (Å²) in [7, 11) is 1.45. The molecule has 0 amide bonds. The summed E-state index contributed by atoms with van der Waals surface area (Å²) in [5.41, 5.74) is -0.151. The zero-order valence-electron chi connectivity index (χ0n) is 15.2. The first-order valence-corrected chi connectivity index (χ1v) is 8.38. The van der Waals surface area contributed by atoms with Crippen molar-refractivity contribution in [2.75, 3.05) is 18.5 Å². The van der Waals surface area contributed by atoms with Gasteiger partial charge in [-0.2, -0.15) is 0 Å². The van der Waals surface area contributed by atoms with Crippen molar-refractivity contribution in [1.29, 1.82) is 0 Å². The number of halogens is 1. The molecule has 28 heavy (non-hydrogen) atoms. The molecule has 1 aromatic carbocycles. The molecule has 10 heteroatoms. The minimum atomic E-state index is -1.18. The number of nitrogens with zero attached hydrogens (tertiary/aromatic N) is 3. The maximum Gasteiger partial charge on any atom is 0.297 e. The zero-order valence-corrected chi connectivity index (χ0v) is 15.2. The Morgan fingerprint density at radius 3 is 2.71 bits per heavy atom. The normalized spacial score (nSPS) is 12.2. The van der Waals surface area contributed by atoms with Crippen LogP contribution in [0.4, 0.5) is 15.8 Å². The number of fused-ring (bicyclic) bond motifs is 1. The molecular weight excluding hydrogens is 371 g/mol. The lowest BCUT2D eigenvalue weighted by Crippen LogP contribution is -2.34. The molecule has 3 rings (SSSR count). The average Bonchev–Trinajstić information content (AvgIpc) is 2.66. The van der Waals surface area contributed by atoms with E-state index in [1.165, 1.54) is 23.7 Å². The van der Waals surface area contributed by atoms with Crippen molar-refractivity contribution in [1.82, 2.24) is 14.3 Å². The van der Waals surface area contributed by atoms with Crippen molar-refractivity contribution in [3.63, 3.8) is 0 Å². The summed E-state index contributed by atoms with van der Waals surface area (Å²) < 4.78 is 16.2. The van der Waals surface area contributed by atoms with Crippen molar-refractivity contribution in [2.24, 2.45) is 7.05 Å². The minimum absolute atomic E-state index is 0.00284. The largest absolute Gasteiger partial charge is 0.406 e. The second kappa shape index (κ2) is 7.79. The Kier molecular flexibility index (Phi) is 5.43. The Hall–Kier alpha value is -3.24. The highest BCUT2D eigenvalue weighted by Crippen LogP contribution is 2.23. The third kappa shape index (κ3) is 3.73. The first-order valence-electron chi connectivity index (χ1n) is 8.38. The summed E-state index contributed by atoms with van der Waals surface area (Å²) in [6, 6.07) is 5.67. The standard InChI is InChI=1S/C18H19FN4O5/c1-10-3-4-13(12(19)5-10)21-14-6-15(26)22(2)17-16(14)18(27)23(9-20-17)28-8-11(25)7-24/h3-6,9,11,21,24-25H,7-8H2,1-2H3/t11-/m1/s1. The molecular formula is C18H19FN4O5. The molecule has 3 aromatic rings. The van der Waals surface area contributed by atoms with Crippen LogP contribution in [0.2, 0.25) is 0 Å². The average molecular weight is 390 g/mol. The van der Waals surface area contributed by atoms with Gasteiger partial charge in [0.05, 0.1) is 18.0 Å². The van der Waals surface area contributed by atoms with Gasteiger partial charge in [0, 0.05) is 13.1 Å². The van der Waals surface area contributed by atoms with Crippen LogP contribution in [-0.4, -0.2) is 43.8 Å². The number of hydrogen-bond acceptors (Lipinski definition) is 7. The van der Waals surface area contributed by atoms with Crippen LogP contribution in [-0.2, 0) is 7.05 Å². The topological polar surface area (TPSA) is 119 Å². The number of benzene rings is 1. The Morgan fingerprint density at radius 1 is 1.29 bits per heavy atom. The van der Waals surface area contributed by atoms with E-state index in [0.717, 1.165) is 22.7 Å². The fraction of sp³-hybridized carbons (Fsp3) is 0.278. The molecule has 9 nitrogen and oxygen atoms in total. The van der Waals surface area contributed by atoms with Crippen LogP contribution in [0.15, 0.2) is 40.2 Å². The molecule has 0 aliphatic carbocycles. The van der Waals surface area contributed by atoms with Crippen LogP contribution in [0.5, 0.6) is 0 Å². The molecule has 0 aliphatic rings. The molecule has 148 valence electrons. The Labute approximate surface area is 158 Å². The van der Waals surface area contributed by atoms with Crippen LogP contribution in [0.1, 0.15) is 5.56 Å². The van der Waals surface area contributed by atoms with Gasteiger partial charge in [-0.05, 0) is 24.6 Å². The summed E-state index contributed by atoms with van der Waals surface area (Å²) >= 11 is 0. The molecule has 2 heterocycles. The quantitative estimate of drug-likeness (QED) is 0.545. The number of pyridine rings is 1. The number of aromatic nitrogens is 3. The third-order valence-corrected chi connectivity index (χ3v) is 4.12. The number of aliphatic hydroxyl groups is 2. The van der Waals surface area contributed by atoms with Gasteiger partial charge in [0.25, 0.3) is 11.1 Å². The number of hydrogen-bond donors (Lipinski definition) is 3. The molecule has 2 aromatic heterocycles. The molecule has 0 radical (unpaired) electrons. The van der Waals surface area contributed by atoms with Gasteiger partial charge in [0.2, 0.25) is 0 Å². The van der Waals surface area contributed by atoms with Gasteiger partial charge in [-0.1, -0.05) is 6.07 Å². The third-order valence-electron chi connectivity index (χ3n) is 4.12. The molecule has 0 aliphatic heterocycles. The highest BCUT2D eigenvalue weighted by molar-refractivity contribution is 5.90. The maximum atomic E-state index is 14.2. The predicted molar refractivity (Wildman–Crippen MR) is 100 cm³/mol. The smallest absolute Gasteiger partial charge is 0.297 e. The van der Waals surface area contributed by atoms with E-state index in [0.29, 0.717) is 0 Å². The number of anilines is 2. The minimum Gasteiger partial charge on any atom is -0.406 e. The van der Waals surface area contributed by atoms with Gasteiger partial charge in [-0.3, -0.25) is 14.2 Å². The van der Waals surface area contributed by atoms with Crippen molar-refractivity contribution in [3.05, 3.63) is 62.7 Å². The van der Waals surface area contributed by atoms with Crippen LogP contribution in [0.3, 0.4) is 0 Å². The highest BCUT2D eigenvalue weighted by atomic mass is 19.1. The molecule has 0 spiro atoms. The molecule has 0 unspecified atom stereocenters. The van der Waals surface area contributed by atoms with E-state index in [-0.39, 0.29) is 29.0 Å². The molecule has 1 atom stereocenters. The second-order valence-electron chi connectivity index (χ2n) is 6.27. The Morgan fingerprint density at radius 2 is 2.04 bits per heavy atom. The van der Waals surface area contributed by atoms with Crippen LogP contribution in [0.25, 0.3) is 11.0 Å². The Balaban J connectivity index is 2.14. The molecule has 0 fully saturated rings. The summed E-state index contributed by atoms with van der Waals surface area (Å²) in [5, 5.41) is 21.0. The SMILES string of the molecule is Cc1ccc(Nc2cc(=O)n(C)c3ncn(OC[C@H](O)CO)c(=O)c23)c(F)c1. The van der Waals surface area contributed by atoms with Crippen molar-refractivity contribution in [2.45, 2.75) is 13.0 Å². The van der Waals surface area contributed by atoms with E-state index in [2.05, 4.69) is 10.3 Å². The Bertz CT molecular complexity index is 1140. The first-order chi connectivity index (χ1) is 13.3. The first kappa shape index (κ1) is 19.5. The van der Waals surface area contributed by atoms with Crippen molar-refractivity contribution in [3.8, 4) is 0 Å². The van der Waals surface area contributed by atoms with E-state index in [1.807, 2.05) is 0 Å². The summed E-state index contributed by atoms with van der Waals surface area (Å²) in [4.78, 5) is 34.3. The maximum absolute atomic E-state index is 14.2. The summed E-state index contributed by atoms with van der Waals surface area (Å²) in [6.45, 7) is 0.857. The lowest BCUT2D eigenvalue weighted by atomic mass is 10.2. The summed E-state index contributed by atoms with van der Waals surface area (Å²) in [6.07, 6.45) is -0.119. The van der Waals surface area contributed by atoms with Gasteiger partial charge in [0.1, 0.15) is 30.2 Å². The second-order valence-corrected chi connectivity index (χ2v) is 6.27. The molecule has 0 saturated heterocycles. The van der Waals surface area contributed by atoms with Crippen LogP contribution < -0.4 is 21.3 Å². The molecule has 0 saturated carbocycles. The van der Waals surface area contributed by atoms with E-state index >= 15 is 0 Å². The van der Waals surface area contributed by atoms with Crippen molar-refractivity contribution < 1.29 is 19.4 Å². The van der Waals surface area contributed by atoms with Gasteiger partial charge in [0.15, 0.2) is 5.65 Å². The number of nitrogens with one attached hydrogen (secondary N) is 1. The lowest BCUT2D eigenvalue weighted by Gasteiger charge is -2.15. The summed E-state index contributed by atoms with van der Waals surface area (Å²) in [5.74, 6) is -0.541. The van der Waals surface area contributed by atoms with Gasteiger partial charge < -0.3 is 20.4 Å². The number of aliphatic hydroxyl groups excluding tert-OH is 2. The molecule has 0 bridgehead atoms. The highest BCUT2D eigenvalue weighted by Gasteiger charge is 2.16.